The molecule has 0 spiro atoms. The average molecular weight is 691 g/mol. The Morgan fingerprint density at radius 3 is 2.16 bits per heavy atom. The molecule has 2 aromatic carbocycles. The van der Waals surface area contributed by atoms with E-state index in [9.17, 15) is 9.59 Å². The van der Waals surface area contributed by atoms with Crippen molar-refractivity contribution < 1.29 is 18.7 Å². The summed E-state index contributed by atoms with van der Waals surface area (Å²) >= 11 is 1.48. The van der Waals surface area contributed by atoms with Crippen LogP contribution in [-0.2, 0) is 14.9 Å². The fraction of sp³-hybridized carbons (Fsp3) is 0.575. The van der Waals surface area contributed by atoms with Crippen LogP contribution in [0.2, 0.25) is 0 Å². The largest absolute Gasteiger partial charge is 0.444 e. The highest BCUT2D eigenvalue weighted by Gasteiger charge is 2.41. The maximum atomic E-state index is 15.9. The fourth-order valence-electron chi connectivity index (χ4n) is 6.95. The van der Waals surface area contributed by atoms with Crippen LogP contribution in [0, 0.1) is 17.2 Å². The van der Waals surface area contributed by atoms with Gasteiger partial charge in [0.2, 0.25) is 5.91 Å². The third kappa shape index (κ3) is 9.09. The summed E-state index contributed by atoms with van der Waals surface area (Å²) in [4.78, 5) is 37.6. The van der Waals surface area contributed by atoms with E-state index in [4.69, 9.17) is 9.72 Å². The summed E-state index contributed by atoms with van der Waals surface area (Å²) in [6, 6.07) is 15.7. The van der Waals surface area contributed by atoms with Crippen LogP contribution in [0.3, 0.4) is 0 Å². The van der Waals surface area contributed by atoms with E-state index in [1.165, 1.54) is 11.3 Å². The minimum atomic E-state index is -0.525. The highest BCUT2D eigenvalue weighted by Crippen LogP contribution is 2.38. The number of piperazine rings is 1. The molecule has 1 aromatic heterocycles. The maximum absolute atomic E-state index is 15.9. The Hall–Kier alpha value is -3.30. The van der Waals surface area contributed by atoms with Crippen molar-refractivity contribution in [1.29, 1.82) is 0 Å². The number of halogens is 1. The van der Waals surface area contributed by atoms with Crippen molar-refractivity contribution in [1.82, 2.24) is 19.7 Å². The van der Waals surface area contributed by atoms with Crippen LogP contribution in [0.25, 0.3) is 10.6 Å². The van der Waals surface area contributed by atoms with Gasteiger partial charge in [0.15, 0.2) is 0 Å². The van der Waals surface area contributed by atoms with Gasteiger partial charge in [-0.05, 0) is 68.2 Å². The maximum Gasteiger partial charge on any atom is 0.410 e. The van der Waals surface area contributed by atoms with Gasteiger partial charge in [-0.15, -0.1) is 11.3 Å². The highest BCUT2D eigenvalue weighted by molar-refractivity contribution is 7.13. The van der Waals surface area contributed by atoms with E-state index >= 15 is 4.39 Å². The Morgan fingerprint density at radius 1 is 0.918 bits per heavy atom. The van der Waals surface area contributed by atoms with E-state index in [2.05, 4.69) is 63.5 Å². The molecule has 2 aliphatic rings. The molecule has 0 aliphatic carbocycles. The van der Waals surface area contributed by atoms with Crippen molar-refractivity contribution in [3.8, 4) is 10.6 Å². The molecule has 5 rings (SSSR count). The summed E-state index contributed by atoms with van der Waals surface area (Å²) in [6.07, 6.45) is 1.79. The summed E-state index contributed by atoms with van der Waals surface area (Å²) in [5, 5.41) is 2.72. The van der Waals surface area contributed by atoms with Crippen molar-refractivity contribution in [3.63, 3.8) is 0 Å². The second-order valence-corrected chi connectivity index (χ2v) is 17.8. The molecule has 0 bridgehead atoms. The van der Waals surface area contributed by atoms with Crippen molar-refractivity contribution in [3.05, 3.63) is 76.5 Å². The number of piperidine rings is 1. The molecule has 266 valence electrons. The Labute approximate surface area is 296 Å². The number of thiazole rings is 1. The predicted octanol–water partition coefficient (Wildman–Crippen LogP) is 8.93. The number of rotatable bonds is 6. The zero-order valence-corrected chi connectivity index (χ0v) is 31.7. The summed E-state index contributed by atoms with van der Waals surface area (Å²) in [7, 11) is 0. The summed E-state index contributed by atoms with van der Waals surface area (Å²) < 4.78 is 21.5. The summed E-state index contributed by atoms with van der Waals surface area (Å²) in [5.74, 6) is 0.146. The fourth-order valence-corrected chi connectivity index (χ4v) is 8.03. The van der Waals surface area contributed by atoms with Crippen molar-refractivity contribution in [2.45, 2.75) is 105 Å². The molecule has 3 heterocycles. The Balaban J connectivity index is 1.33. The molecule has 1 unspecified atom stereocenters. The normalized spacial score (nSPS) is 19.2. The number of nitrogens with zero attached hydrogens (tertiary/aromatic N) is 4. The van der Waals surface area contributed by atoms with Gasteiger partial charge in [0.25, 0.3) is 0 Å². The molecular weight excluding hydrogens is 636 g/mol. The highest BCUT2D eigenvalue weighted by atomic mass is 32.1. The number of hydrogen-bond donors (Lipinski definition) is 0. The third-order valence-electron chi connectivity index (χ3n) is 9.75. The van der Waals surface area contributed by atoms with Gasteiger partial charge in [-0.25, -0.2) is 14.2 Å². The number of hydrogen-bond acceptors (Lipinski definition) is 6. The minimum Gasteiger partial charge on any atom is -0.444 e. The van der Waals surface area contributed by atoms with Crippen molar-refractivity contribution in [2.75, 3.05) is 32.7 Å². The Morgan fingerprint density at radius 2 is 1.59 bits per heavy atom. The molecular formula is C40H55FN4O3S. The lowest BCUT2D eigenvalue weighted by Gasteiger charge is -2.50. The van der Waals surface area contributed by atoms with Crippen LogP contribution in [-0.4, -0.2) is 76.1 Å². The quantitative estimate of drug-likeness (QED) is 0.259. The van der Waals surface area contributed by atoms with Crippen LogP contribution in [0.15, 0.2) is 53.9 Å². The van der Waals surface area contributed by atoms with E-state index in [1.54, 1.807) is 11.0 Å². The SMILES string of the molecule is CC(C)(C)OC(=O)N1CCC(CC(=O)N2CCN(C(c3ccccc3)c3ccc(-c4nc(C(C)(C)C)cs4)c(F)c3)C[C@@H]2C(C)(C)C)CC1. The van der Waals surface area contributed by atoms with E-state index < -0.39 is 5.60 Å². The molecule has 0 radical (unpaired) electrons. The number of carbonyl (C=O) groups excluding carboxylic acids is 2. The van der Waals surface area contributed by atoms with Gasteiger partial charge >= 0.3 is 6.09 Å². The second-order valence-electron chi connectivity index (χ2n) is 16.9. The first-order valence-electron chi connectivity index (χ1n) is 17.7. The first-order valence-corrected chi connectivity index (χ1v) is 18.6. The molecule has 2 aliphatic heterocycles. The van der Waals surface area contributed by atoms with E-state index in [0.717, 1.165) is 29.7 Å². The average Bonchev–Trinajstić information content (AvgIpc) is 3.52. The van der Waals surface area contributed by atoms with Gasteiger partial charge in [0.05, 0.1) is 11.7 Å². The van der Waals surface area contributed by atoms with Crippen molar-refractivity contribution >= 4 is 23.3 Å². The molecule has 2 fully saturated rings. The summed E-state index contributed by atoms with van der Waals surface area (Å²) in [5.41, 5.74) is 2.69. The van der Waals surface area contributed by atoms with Crippen molar-refractivity contribution in [2.24, 2.45) is 11.3 Å². The van der Waals surface area contributed by atoms with Gasteiger partial charge in [-0.1, -0.05) is 77.9 Å². The molecule has 2 amide bonds. The minimum absolute atomic E-state index is 0.0166. The van der Waals surface area contributed by atoms with Crippen LogP contribution in [0.5, 0.6) is 0 Å². The first kappa shape index (κ1) is 37.0. The molecule has 0 N–H and O–H groups in total. The Kier molecular flexibility index (Phi) is 10.9. The lowest BCUT2D eigenvalue weighted by Crippen LogP contribution is -2.60. The Bertz CT molecular complexity index is 1600. The molecule has 2 saturated heterocycles. The number of aromatic nitrogens is 1. The molecule has 3 aromatic rings. The number of amides is 2. The van der Waals surface area contributed by atoms with Crippen LogP contribution >= 0.6 is 11.3 Å². The standard InChI is InChI=1S/C40H55FN4O3S/c1-38(2,3)32-26-49-36(42-32)30-16-15-29(24-31(30)41)35(28-13-11-10-12-14-28)44-21-22-45(33(25-44)39(4,5)6)34(46)23-27-17-19-43(20-18-27)37(47)48-40(7,8)9/h10-16,24,26-27,33,35H,17-23,25H2,1-9H3/t33-,35?/m1/s1. The van der Waals surface area contributed by atoms with Gasteiger partial charge in [-0.3, -0.25) is 9.69 Å². The predicted molar refractivity (Wildman–Crippen MR) is 196 cm³/mol. The lowest BCUT2D eigenvalue weighted by molar-refractivity contribution is -0.141. The molecule has 9 heteroatoms. The zero-order valence-electron chi connectivity index (χ0n) is 30.9. The van der Waals surface area contributed by atoms with E-state index in [1.807, 2.05) is 56.5 Å². The first-order chi connectivity index (χ1) is 22.9. The molecule has 0 saturated carbocycles. The molecule has 49 heavy (non-hydrogen) atoms. The van der Waals surface area contributed by atoms with Gasteiger partial charge in [0, 0.05) is 61.5 Å². The summed E-state index contributed by atoms with van der Waals surface area (Å²) in [6.45, 7) is 21.8. The van der Waals surface area contributed by atoms with Gasteiger partial charge in [-0.2, -0.15) is 0 Å². The topological polar surface area (TPSA) is 66.0 Å². The number of likely N-dealkylation sites (tertiary alicyclic amines) is 1. The number of benzene rings is 2. The van der Waals surface area contributed by atoms with Crippen LogP contribution < -0.4 is 0 Å². The van der Waals surface area contributed by atoms with Crippen LogP contribution in [0.1, 0.15) is 104 Å². The zero-order chi connectivity index (χ0) is 35.7. The third-order valence-corrected chi connectivity index (χ3v) is 10.6. The smallest absolute Gasteiger partial charge is 0.410 e. The van der Waals surface area contributed by atoms with Gasteiger partial charge in [0.1, 0.15) is 16.4 Å². The molecule has 2 atom stereocenters. The number of carbonyl (C=O) groups is 2. The monoisotopic (exact) mass is 690 g/mol. The van der Waals surface area contributed by atoms with Gasteiger partial charge < -0.3 is 14.5 Å². The molecule has 7 nitrogen and oxygen atoms in total. The van der Waals surface area contributed by atoms with E-state index in [0.29, 0.717) is 49.7 Å². The van der Waals surface area contributed by atoms with E-state index in [-0.39, 0.29) is 46.6 Å². The van der Waals surface area contributed by atoms with Crippen LogP contribution in [0.4, 0.5) is 9.18 Å². The second kappa shape index (κ2) is 14.5. The number of ether oxygens (including phenoxy) is 1. The lowest BCUT2D eigenvalue weighted by atomic mass is 9.82.